The fraction of sp³-hybridized carbons (Fsp3) is 0.0435. The predicted molar refractivity (Wildman–Crippen MR) is 116 cm³/mol. The van der Waals surface area contributed by atoms with Crippen LogP contribution < -0.4 is 10.6 Å². The van der Waals surface area contributed by atoms with Gasteiger partial charge in [-0.25, -0.2) is 18.7 Å². The van der Waals surface area contributed by atoms with E-state index in [2.05, 4.69) is 25.6 Å². The van der Waals surface area contributed by atoms with Gasteiger partial charge < -0.3 is 10.6 Å². The molecule has 158 valence electrons. The summed E-state index contributed by atoms with van der Waals surface area (Å²) in [5.74, 6) is -1.76. The fourth-order valence-corrected chi connectivity index (χ4v) is 3.39. The first-order valence-corrected chi connectivity index (χ1v) is 9.76. The summed E-state index contributed by atoms with van der Waals surface area (Å²) in [6, 6.07) is 16.2. The van der Waals surface area contributed by atoms with Crippen molar-refractivity contribution in [2.75, 3.05) is 10.6 Å². The minimum absolute atomic E-state index is 0.202. The van der Waals surface area contributed by atoms with Crippen LogP contribution in [0, 0.1) is 11.6 Å². The third-order valence-electron chi connectivity index (χ3n) is 4.90. The Labute approximate surface area is 180 Å². The summed E-state index contributed by atoms with van der Waals surface area (Å²) >= 11 is 0. The van der Waals surface area contributed by atoms with Crippen molar-refractivity contribution in [2.24, 2.45) is 0 Å². The smallest absolute Gasteiger partial charge is 0.256 e. The summed E-state index contributed by atoms with van der Waals surface area (Å²) in [6.07, 6.45) is 3.12. The number of halogens is 2. The SMILES string of the molecule is O=C(Nc1cnc2c(NCc3ccccn3)nc3cc(F)c(F)cc3n12)c1ccccc1. The number of pyridine rings is 1. The standard InChI is InChI=1S/C23H16F2N6O/c24-16-10-18-19(11-17(16)25)31-20(30-23(32)14-6-2-1-3-7-14)13-28-22(31)21(29-18)27-12-15-8-4-5-9-26-15/h1-11,13H,12H2,(H,27,29)(H,30,32). The van der Waals surface area contributed by atoms with Crippen molar-refractivity contribution in [3.8, 4) is 0 Å². The van der Waals surface area contributed by atoms with Crippen LogP contribution in [0.15, 0.2) is 73.1 Å². The number of imidazole rings is 1. The van der Waals surface area contributed by atoms with E-state index in [1.165, 1.54) is 10.6 Å². The number of aromatic nitrogens is 4. The highest BCUT2D eigenvalue weighted by atomic mass is 19.2. The summed E-state index contributed by atoms with van der Waals surface area (Å²) in [4.78, 5) is 25.7. The molecule has 0 saturated heterocycles. The molecule has 0 radical (unpaired) electrons. The zero-order valence-electron chi connectivity index (χ0n) is 16.6. The predicted octanol–water partition coefficient (Wildman–Crippen LogP) is 4.42. The molecule has 5 aromatic rings. The first-order chi connectivity index (χ1) is 15.6. The maximum atomic E-state index is 14.1. The Morgan fingerprint density at radius 1 is 0.969 bits per heavy atom. The number of nitrogens with one attached hydrogen (secondary N) is 2. The van der Waals surface area contributed by atoms with Gasteiger partial charge in [0.25, 0.3) is 5.91 Å². The van der Waals surface area contributed by atoms with Gasteiger partial charge in [0, 0.05) is 23.9 Å². The summed E-state index contributed by atoms with van der Waals surface area (Å²) in [5, 5.41) is 5.93. The number of carbonyl (C=O) groups excluding carboxylic acids is 1. The lowest BCUT2D eigenvalue weighted by Crippen LogP contribution is -2.14. The van der Waals surface area contributed by atoms with Crippen molar-refractivity contribution in [3.05, 3.63) is 95.9 Å². The number of hydrogen-bond acceptors (Lipinski definition) is 5. The number of rotatable bonds is 5. The Morgan fingerprint density at radius 3 is 2.53 bits per heavy atom. The van der Waals surface area contributed by atoms with Crippen LogP contribution in [0.25, 0.3) is 16.7 Å². The summed E-state index contributed by atoms with van der Waals surface area (Å²) < 4.78 is 29.5. The van der Waals surface area contributed by atoms with Crippen molar-refractivity contribution < 1.29 is 13.6 Å². The molecule has 0 aliphatic carbocycles. The second-order valence-corrected chi connectivity index (χ2v) is 7.01. The Morgan fingerprint density at radius 2 is 1.75 bits per heavy atom. The molecule has 0 spiro atoms. The molecule has 0 saturated carbocycles. The molecule has 32 heavy (non-hydrogen) atoms. The maximum Gasteiger partial charge on any atom is 0.256 e. The van der Waals surface area contributed by atoms with E-state index in [9.17, 15) is 13.6 Å². The van der Waals surface area contributed by atoms with Gasteiger partial charge in [0.05, 0.1) is 29.5 Å². The number of nitrogens with zero attached hydrogens (tertiary/aromatic N) is 4. The molecule has 7 nitrogen and oxygen atoms in total. The largest absolute Gasteiger partial charge is 0.361 e. The average molecular weight is 430 g/mol. The van der Waals surface area contributed by atoms with Gasteiger partial charge in [-0.15, -0.1) is 0 Å². The Kier molecular flexibility index (Phi) is 4.91. The molecule has 0 bridgehead atoms. The first kappa shape index (κ1) is 19.6. The van der Waals surface area contributed by atoms with Crippen LogP contribution in [0.2, 0.25) is 0 Å². The fourth-order valence-electron chi connectivity index (χ4n) is 3.39. The van der Waals surface area contributed by atoms with E-state index in [4.69, 9.17) is 0 Å². The Balaban J connectivity index is 1.61. The van der Waals surface area contributed by atoms with Gasteiger partial charge in [-0.05, 0) is 24.3 Å². The first-order valence-electron chi connectivity index (χ1n) is 9.76. The molecule has 5 rings (SSSR count). The lowest BCUT2D eigenvalue weighted by atomic mass is 10.2. The molecule has 0 unspecified atom stereocenters. The van der Waals surface area contributed by atoms with E-state index in [0.29, 0.717) is 29.4 Å². The highest BCUT2D eigenvalue weighted by Gasteiger charge is 2.18. The van der Waals surface area contributed by atoms with Crippen molar-refractivity contribution in [3.63, 3.8) is 0 Å². The van der Waals surface area contributed by atoms with Crippen LogP contribution in [0.5, 0.6) is 0 Å². The van der Waals surface area contributed by atoms with Crippen LogP contribution in [0.1, 0.15) is 16.1 Å². The van der Waals surface area contributed by atoms with Crippen LogP contribution in [0.3, 0.4) is 0 Å². The number of anilines is 2. The van der Waals surface area contributed by atoms with Crippen molar-refractivity contribution in [1.29, 1.82) is 0 Å². The second-order valence-electron chi connectivity index (χ2n) is 7.01. The van der Waals surface area contributed by atoms with Gasteiger partial charge in [-0.2, -0.15) is 0 Å². The van der Waals surface area contributed by atoms with Gasteiger partial charge in [0.15, 0.2) is 23.1 Å². The molecule has 0 atom stereocenters. The minimum Gasteiger partial charge on any atom is -0.361 e. The Hall–Kier alpha value is -4.40. The molecule has 3 heterocycles. The number of fused-ring (bicyclic) bond motifs is 3. The van der Waals surface area contributed by atoms with E-state index in [1.54, 1.807) is 36.5 Å². The number of amides is 1. The molecule has 9 heteroatoms. The monoisotopic (exact) mass is 430 g/mol. The van der Waals surface area contributed by atoms with Crippen LogP contribution in [-0.2, 0) is 6.54 Å². The molecule has 3 aromatic heterocycles. The molecule has 0 aliphatic rings. The highest BCUT2D eigenvalue weighted by molar-refractivity contribution is 6.04. The van der Waals surface area contributed by atoms with E-state index in [0.717, 1.165) is 17.8 Å². The quantitative estimate of drug-likeness (QED) is 0.431. The van der Waals surface area contributed by atoms with E-state index < -0.39 is 11.6 Å². The van der Waals surface area contributed by atoms with Crippen molar-refractivity contribution in [2.45, 2.75) is 6.54 Å². The van der Waals surface area contributed by atoms with E-state index in [-0.39, 0.29) is 16.9 Å². The summed E-state index contributed by atoms with van der Waals surface area (Å²) in [7, 11) is 0. The number of carbonyl (C=O) groups is 1. The van der Waals surface area contributed by atoms with Crippen LogP contribution >= 0.6 is 0 Å². The van der Waals surface area contributed by atoms with E-state index >= 15 is 0 Å². The minimum atomic E-state index is -1.02. The number of benzene rings is 2. The molecule has 2 N–H and O–H groups in total. The van der Waals surface area contributed by atoms with Crippen LogP contribution in [0.4, 0.5) is 20.4 Å². The number of hydrogen-bond donors (Lipinski definition) is 2. The normalized spacial score (nSPS) is 11.1. The molecule has 1 amide bonds. The maximum absolute atomic E-state index is 14.1. The third-order valence-corrected chi connectivity index (χ3v) is 4.90. The molecule has 0 fully saturated rings. The second kappa shape index (κ2) is 8.03. The summed E-state index contributed by atoms with van der Waals surface area (Å²) in [5.41, 5.74) is 2.03. The van der Waals surface area contributed by atoms with Crippen molar-refractivity contribution >= 4 is 34.2 Å². The van der Waals surface area contributed by atoms with Crippen molar-refractivity contribution in [1.82, 2.24) is 19.4 Å². The lowest BCUT2D eigenvalue weighted by molar-refractivity contribution is 0.102. The topological polar surface area (TPSA) is 84.2 Å². The van der Waals surface area contributed by atoms with Gasteiger partial charge >= 0.3 is 0 Å². The average Bonchev–Trinajstić information content (AvgIpc) is 3.24. The third kappa shape index (κ3) is 3.60. The molecule has 0 aliphatic heterocycles. The van der Waals surface area contributed by atoms with Gasteiger partial charge in [-0.1, -0.05) is 24.3 Å². The molecular formula is C23H16F2N6O. The van der Waals surface area contributed by atoms with E-state index in [1.807, 2.05) is 18.2 Å². The molecule has 2 aromatic carbocycles. The van der Waals surface area contributed by atoms with Gasteiger partial charge in [0.2, 0.25) is 0 Å². The van der Waals surface area contributed by atoms with Gasteiger partial charge in [0.1, 0.15) is 5.82 Å². The van der Waals surface area contributed by atoms with Crippen LogP contribution in [-0.4, -0.2) is 25.3 Å². The zero-order chi connectivity index (χ0) is 22.1. The zero-order valence-corrected chi connectivity index (χ0v) is 16.6. The summed E-state index contributed by atoms with van der Waals surface area (Å²) in [6.45, 7) is 0.344. The molecular weight excluding hydrogens is 414 g/mol. The highest BCUT2D eigenvalue weighted by Crippen LogP contribution is 2.27. The van der Waals surface area contributed by atoms with Gasteiger partial charge in [-0.3, -0.25) is 14.2 Å². The lowest BCUT2D eigenvalue weighted by Gasteiger charge is -2.12. The Bertz CT molecular complexity index is 1440.